The zero-order chi connectivity index (χ0) is 11.8. The maximum Gasteiger partial charge on any atom is 0.133 e. The second-order valence-corrected chi connectivity index (χ2v) is 7.10. The molecule has 1 saturated heterocycles. The van der Waals surface area contributed by atoms with Gasteiger partial charge in [-0.15, -0.1) is 22.7 Å². The lowest BCUT2D eigenvalue weighted by Crippen LogP contribution is -2.12. The van der Waals surface area contributed by atoms with Crippen molar-refractivity contribution in [3.8, 4) is 9.88 Å². The maximum absolute atomic E-state index is 4.71. The Morgan fingerprint density at radius 1 is 1.53 bits per heavy atom. The highest BCUT2D eigenvalue weighted by Crippen LogP contribution is 2.38. The molecule has 1 atom stereocenters. The first-order chi connectivity index (χ1) is 8.24. The minimum Gasteiger partial charge on any atom is -0.309 e. The van der Waals surface area contributed by atoms with Crippen LogP contribution in [0.15, 0.2) is 15.9 Å². The highest BCUT2D eigenvalue weighted by molar-refractivity contribution is 9.10. The highest BCUT2D eigenvalue weighted by Gasteiger charge is 2.22. The van der Waals surface area contributed by atoms with Crippen LogP contribution in [0.2, 0.25) is 0 Å². The third-order valence-corrected chi connectivity index (χ3v) is 6.12. The Labute approximate surface area is 117 Å². The van der Waals surface area contributed by atoms with Gasteiger partial charge in [-0.25, -0.2) is 4.98 Å². The average molecular weight is 329 g/mol. The fourth-order valence-corrected chi connectivity index (χ4v) is 4.84. The molecule has 5 heteroatoms. The van der Waals surface area contributed by atoms with Crippen molar-refractivity contribution in [3.63, 3.8) is 0 Å². The number of hydrogen-bond donors (Lipinski definition) is 1. The minimum absolute atomic E-state index is 0.532. The molecular formula is C12H13BrN2S2. The van der Waals surface area contributed by atoms with E-state index in [9.17, 15) is 0 Å². The zero-order valence-corrected chi connectivity index (χ0v) is 12.7. The Morgan fingerprint density at radius 2 is 2.41 bits per heavy atom. The van der Waals surface area contributed by atoms with E-state index in [0.29, 0.717) is 6.04 Å². The van der Waals surface area contributed by atoms with E-state index in [2.05, 4.69) is 39.6 Å². The van der Waals surface area contributed by atoms with Crippen molar-refractivity contribution < 1.29 is 0 Å². The van der Waals surface area contributed by atoms with Crippen LogP contribution in [0.1, 0.15) is 29.5 Å². The van der Waals surface area contributed by atoms with E-state index in [4.69, 9.17) is 4.98 Å². The smallest absolute Gasteiger partial charge is 0.133 e. The molecule has 3 heterocycles. The summed E-state index contributed by atoms with van der Waals surface area (Å²) in [6, 6.07) is 2.68. The van der Waals surface area contributed by atoms with Gasteiger partial charge in [0, 0.05) is 20.8 Å². The van der Waals surface area contributed by atoms with Gasteiger partial charge in [-0.1, -0.05) is 0 Å². The number of hydrogen-bond acceptors (Lipinski definition) is 4. The predicted octanol–water partition coefficient (Wildman–Crippen LogP) is 4.37. The van der Waals surface area contributed by atoms with Crippen LogP contribution < -0.4 is 5.32 Å². The second-order valence-electron chi connectivity index (χ2n) is 4.25. The van der Waals surface area contributed by atoms with Crippen LogP contribution in [-0.4, -0.2) is 11.5 Å². The standard InChI is InChI=1S/C12H13BrN2S2/c1-7-11(9-3-2-4-14-9)17-12(15-7)10-5-8(13)6-16-10/h5-6,9,14H,2-4H2,1H3. The molecule has 0 spiro atoms. The summed E-state index contributed by atoms with van der Waals surface area (Å²) in [5, 5.41) is 6.81. The molecule has 1 aliphatic heterocycles. The number of nitrogens with zero attached hydrogens (tertiary/aromatic N) is 1. The molecule has 0 aromatic carbocycles. The molecule has 3 rings (SSSR count). The molecule has 2 aromatic heterocycles. The fraction of sp³-hybridized carbons (Fsp3) is 0.417. The molecule has 1 fully saturated rings. The lowest BCUT2D eigenvalue weighted by atomic mass is 10.2. The summed E-state index contributed by atoms with van der Waals surface area (Å²) in [7, 11) is 0. The SMILES string of the molecule is Cc1nc(-c2cc(Br)cs2)sc1C1CCCN1. The van der Waals surface area contributed by atoms with E-state index < -0.39 is 0 Å². The quantitative estimate of drug-likeness (QED) is 0.885. The largest absolute Gasteiger partial charge is 0.309 e. The summed E-state index contributed by atoms with van der Waals surface area (Å²) in [4.78, 5) is 7.38. The Kier molecular flexibility index (Phi) is 3.34. The number of thiophene rings is 1. The van der Waals surface area contributed by atoms with Crippen LogP contribution in [0.5, 0.6) is 0 Å². The van der Waals surface area contributed by atoms with Crippen molar-refractivity contribution in [1.82, 2.24) is 10.3 Å². The van der Waals surface area contributed by atoms with Gasteiger partial charge < -0.3 is 5.32 Å². The topological polar surface area (TPSA) is 24.9 Å². The summed E-state index contributed by atoms with van der Waals surface area (Å²) in [5.74, 6) is 0. The van der Waals surface area contributed by atoms with Gasteiger partial charge >= 0.3 is 0 Å². The number of rotatable bonds is 2. The molecule has 1 N–H and O–H groups in total. The van der Waals surface area contributed by atoms with E-state index in [1.54, 1.807) is 11.3 Å². The number of nitrogens with one attached hydrogen (secondary N) is 1. The molecule has 2 aromatic rings. The first-order valence-corrected chi connectivity index (χ1v) is 8.18. The summed E-state index contributed by atoms with van der Waals surface area (Å²) >= 11 is 7.08. The normalized spacial score (nSPS) is 20.0. The lowest BCUT2D eigenvalue weighted by Gasteiger charge is -2.06. The Morgan fingerprint density at radius 3 is 3.06 bits per heavy atom. The van der Waals surface area contributed by atoms with E-state index in [0.717, 1.165) is 16.0 Å². The van der Waals surface area contributed by atoms with Crippen LogP contribution in [-0.2, 0) is 0 Å². The molecule has 0 amide bonds. The third kappa shape index (κ3) is 2.34. The van der Waals surface area contributed by atoms with Crippen LogP contribution in [0.3, 0.4) is 0 Å². The molecule has 0 bridgehead atoms. The van der Waals surface area contributed by atoms with Gasteiger partial charge in [0.1, 0.15) is 5.01 Å². The Bertz CT molecular complexity index is 526. The Balaban J connectivity index is 1.94. The molecule has 17 heavy (non-hydrogen) atoms. The van der Waals surface area contributed by atoms with E-state index >= 15 is 0 Å². The number of halogens is 1. The third-order valence-electron chi connectivity index (χ3n) is 2.99. The van der Waals surface area contributed by atoms with Crippen molar-refractivity contribution in [2.45, 2.75) is 25.8 Å². The summed E-state index contributed by atoms with van der Waals surface area (Å²) in [6.07, 6.45) is 2.53. The number of aryl methyl sites for hydroxylation is 1. The van der Waals surface area contributed by atoms with Gasteiger partial charge in [0.15, 0.2) is 0 Å². The second kappa shape index (κ2) is 4.80. The van der Waals surface area contributed by atoms with Gasteiger partial charge in [-0.05, 0) is 48.3 Å². The average Bonchev–Trinajstić information content (AvgIpc) is 2.96. The monoisotopic (exact) mass is 328 g/mol. The van der Waals surface area contributed by atoms with E-state index in [1.165, 1.54) is 28.3 Å². The lowest BCUT2D eigenvalue weighted by molar-refractivity contribution is 0.654. The van der Waals surface area contributed by atoms with Crippen LogP contribution in [0.4, 0.5) is 0 Å². The van der Waals surface area contributed by atoms with Gasteiger partial charge in [-0.3, -0.25) is 0 Å². The van der Waals surface area contributed by atoms with E-state index in [-0.39, 0.29) is 0 Å². The predicted molar refractivity (Wildman–Crippen MR) is 77.8 cm³/mol. The van der Waals surface area contributed by atoms with Crippen LogP contribution in [0, 0.1) is 6.92 Å². The first-order valence-electron chi connectivity index (χ1n) is 5.69. The maximum atomic E-state index is 4.71. The van der Waals surface area contributed by atoms with Gasteiger partial charge in [0.2, 0.25) is 0 Å². The molecule has 1 aliphatic rings. The first kappa shape index (κ1) is 11.8. The van der Waals surface area contributed by atoms with E-state index in [1.807, 2.05) is 11.3 Å². The fourth-order valence-electron chi connectivity index (χ4n) is 2.17. The molecule has 90 valence electrons. The van der Waals surface area contributed by atoms with Crippen LogP contribution >= 0.6 is 38.6 Å². The summed E-state index contributed by atoms with van der Waals surface area (Å²) in [6.45, 7) is 3.26. The van der Waals surface area contributed by atoms with Gasteiger partial charge in [0.05, 0.1) is 10.6 Å². The van der Waals surface area contributed by atoms with Crippen molar-refractivity contribution in [1.29, 1.82) is 0 Å². The molecule has 0 saturated carbocycles. The summed E-state index contributed by atoms with van der Waals surface area (Å²) in [5.41, 5.74) is 1.19. The highest BCUT2D eigenvalue weighted by atomic mass is 79.9. The van der Waals surface area contributed by atoms with Crippen molar-refractivity contribution in [2.75, 3.05) is 6.54 Å². The van der Waals surface area contributed by atoms with Gasteiger partial charge in [-0.2, -0.15) is 0 Å². The Hall–Kier alpha value is -0.230. The molecule has 1 unspecified atom stereocenters. The minimum atomic E-state index is 0.532. The summed E-state index contributed by atoms with van der Waals surface area (Å²) < 4.78 is 1.14. The van der Waals surface area contributed by atoms with Crippen LogP contribution in [0.25, 0.3) is 9.88 Å². The van der Waals surface area contributed by atoms with Gasteiger partial charge in [0.25, 0.3) is 0 Å². The van der Waals surface area contributed by atoms with Crippen molar-refractivity contribution in [3.05, 3.63) is 26.5 Å². The molecule has 2 nitrogen and oxygen atoms in total. The number of thiazole rings is 1. The molecular weight excluding hydrogens is 316 g/mol. The van der Waals surface area contributed by atoms with Crippen molar-refractivity contribution >= 4 is 38.6 Å². The number of aromatic nitrogens is 1. The zero-order valence-electron chi connectivity index (χ0n) is 9.50. The molecule has 0 aliphatic carbocycles. The van der Waals surface area contributed by atoms with Crippen molar-refractivity contribution in [2.24, 2.45) is 0 Å². The molecule has 0 radical (unpaired) electrons.